The van der Waals surface area contributed by atoms with Crippen LogP contribution in [-0.2, 0) is 6.54 Å². The van der Waals surface area contributed by atoms with Crippen LogP contribution in [0.1, 0.15) is 12.5 Å². The molecule has 0 aliphatic rings. The van der Waals surface area contributed by atoms with Crippen LogP contribution >= 0.6 is 11.6 Å². The minimum Gasteiger partial charge on any atom is -0.313 e. The molecule has 0 aromatic carbocycles. The second-order valence-corrected chi connectivity index (χ2v) is 3.99. The van der Waals surface area contributed by atoms with E-state index in [-0.39, 0.29) is 0 Å². The molecule has 0 aliphatic carbocycles. The van der Waals surface area contributed by atoms with E-state index in [0.29, 0.717) is 10.8 Å². The van der Waals surface area contributed by atoms with Crippen molar-refractivity contribution in [2.75, 3.05) is 6.54 Å². The average Bonchev–Trinajstić information content (AvgIpc) is 2.38. The van der Waals surface area contributed by atoms with Crippen molar-refractivity contribution in [3.8, 4) is 11.5 Å². The molecule has 0 aliphatic heterocycles. The molecule has 88 valence electrons. The highest BCUT2D eigenvalue weighted by Crippen LogP contribution is 2.14. The van der Waals surface area contributed by atoms with Gasteiger partial charge in [0.15, 0.2) is 5.82 Å². The van der Waals surface area contributed by atoms with Crippen molar-refractivity contribution in [2.24, 2.45) is 0 Å². The lowest BCUT2D eigenvalue weighted by molar-refractivity contribution is 0.721. The van der Waals surface area contributed by atoms with Gasteiger partial charge in [0.1, 0.15) is 5.69 Å². The lowest BCUT2D eigenvalue weighted by atomic mass is 10.3. The molecule has 0 saturated heterocycles. The number of nitrogens with zero attached hydrogens (tertiary/aromatic N) is 3. The van der Waals surface area contributed by atoms with Crippen LogP contribution in [0.5, 0.6) is 0 Å². The van der Waals surface area contributed by atoms with Gasteiger partial charge in [0.25, 0.3) is 0 Å². The van der Waals surface area contributed by atoms with E-state index in [0.717, 1.165) is 24.3 Å². The molecule has 0 saturated carbocycles. The Morgan fingerprint density at radius 2 is 1.88 bits per heavy atom. The summed E-state index contributed by atoms with van der Waals surface area (Å²) in [6.07, 6.45) is 5.20. The number of aromatic nitrogens is 3. The number of hydrogen-bond donors (Lipinski definition) is 1. The van der Waals surface area contributed by atoms with Crippen LogP contribution in [0, 0.1) is 0 Å². The van der Waals surface area contributed by atoms with Gasteiger partial charge in [0.2, 0.25) is 0 Å². The highest BCUT2D eigenvalue weighted by atomic mass is 35.5. The summed E-state index contributed by atoms with van der Waals surface area (Å²) >= 11 is 5.77. The van der Waals surface area contributed by atoms with Gasteiger partial charge in [-0.1, -0.05) is 18.5 Å². The van der Waals surface area contributed by atoms with Gasteiger partial charge >= 0.3 is 0 Å². The van der Waals surface area contributed by atoms with Crippen LogP contribution in [0.4, 0.5) is 0 Å². The maximum Gasteiger partial charge on any atom is 0.178 e. The van der Waals surface area contributed by atoms with Crippen molar-refractivity contribution < 1.29 is 0 Å². The summed E-state index contributed by atoms with van der Waals surface area (Å²) in [7, 11) is 0. The molecule has 0 unspecified atom stereocenters. The van der Waals surface area contributed by atoms with E-state index in [2.05, 4.69) is 27.2 Å². The molecule has 0 amide bonds. The molecule has 17 heavy (non-hydrogen) atoms. The van der Waals surface area contributed by atoms with Crippen LogP contribution in [0.3, 0.4) is 0 Å². The van der Waals surface area contributed by atoms with Crippen molar-refractivity contribution in [3.05, 3.63) is 41.3 Å². The molecule has 2 aromatic rings. The van der Waals surface area contributed by atoms with Crippen molar-refractivity contribution in [1.82, 2.24) is 20.3 Å². The van der Waals surface area contributed by atoms with E-state index in [1.165, 1.54) is 0 Å². The van der Waals surface area contributed by atoms with Gasteiger partial charge in [0.05, 0.1) is 5.02 Å². The fourth-order valence-electron chi connectivity index (χ4n) is 1.36. The number of pyridine rings is 1. The van der Waals surface area contributed by atoms with Crippen molar-refractivity contribution in [3.63, 3.8) is 0 Å². The first kappa shape index (κ1) is 12.0. The molecule has 0 atom stereocenters. The maximum absolute atomic E-state index is 5.77. The van der Waals surface area contributed by atoms with Crippen LogP contribution < -0.4 is 5.32 Å². The summed E-state index contributed by atoms with van der Waals surface area (Å²) < 4.78 is 0. The summed E-state index contributed by atoms with van der Waals surface area (Å²) in [5.41, 5.74) is 1.79. The van der Waals surface area contributed by atoms with Gasteiger partial charge in [-0.25, -0.2) is 9.97 Å². The highest BCUT2D eigenvalue weighted by molar-refractivity contribution is 6.30. The molecule has 0 fully saturated rings. The first-order valence-corrected chi connectivity index (χ1v) is 5.81. The molecule has 2 aromatic heterocycles. The molecular weight excluding hydrogens is 236 g/mol. The summed E-state index contributed by atoms with van der Waals surface area (Å²) in [6.45, 7) is 3.78. The fourth-order valence-corrected chi connectivity index (χ4v) is 1.47. The Morgan fingerprint density at radius 3 is 2.47 bits per heavy atom. The normalized spacial score (nSPS) is 10.5. The van der Waals surface area contributed by atoms with E-state index >= 15 is 0 Å². The number of hydrogen-bond acceptors (Lipinski definition) is 4. The van der Waals surface area contributed by atoms with Gasteiger partial charge in [-0.15, -0.1) is 0 Å². The quantitative estimate of drug-likeness (QED) is 0.902. The van der Waals surface area contributed by atoms with E-state index in [1.54, 1.807) is 24.7 Å². The first-order chi connectivity index (χ1) is 8.29. The number of halogens is 1. The summed E-state index contributed by atoms with van der Waals surface area (Å²) in [4.78, 5) is 12.7. The molecule has 0 bridgehead atoms. The Kier molecular flexibility index (Phi) is 4.01. The SMILES string of the molecule is CCNCc1cnc(-c2ccc(Cl)cn2)nc1. The van der Waals surface area contributed by atoms with E-state index in [9.17, 15) is 0 Å². The second kappa shape index (κ2) is 5.70. The summed E-state index contributed by atoms with van der Waals surface area (Å²) in [6, 6.07) is 3.58. The minimum absolute atomic E-state index is 0.609. The lowest BCUT2D eigenvalue weighted by Gasteiger charge is -2.02. The largest absolute Gasteiger partial charge is 0.313 e. The fraction of sp³-hybridized carbons (Fsp3) is 0.250. The van der Waals surface area contributed by atoms with Crippen LogP contribution in [-0.4, -0.2) is 21.5 Å². The zero-order valence-corrected chi connectivity index (χ0v) is 10.3. The van der Waals surface area contributed by atoms with Crippen molar-refractivity contribution >= 4 is 11.6 Å². The van der Waals surface area contributed by atoms with Gasteiger partial charge in [-0.3, -0.25) is 4.98 Å². The summed E-state index contributed by atoms with van der Waals surface area (Å²) in [5.74, 6) is 0.613. The van der Waals surface area contributed by atoms with Gasteiger partial charge in [-0.2, -0.15) is 0 Å². The van der Waals surface area contributed by atoms with E-state index < -0.39 is 0 Å². The molecule has 2 rings (SSSR count). The predicted molar refractivity (Wildman–Crippen MR) is 67.7 cm³/mol. The maximum atomic E-state index is 5.77. The van der Waals surface area contributed by atoms with Crippen LogP contribution in [0.15, 0.2) is 30.7 Å². The average molecular weight is 249 g/mol. The second-order valence-electron chi connectivity index (χ2n) is 3.56. The number of rotatable bonds is 4. The van der Waals surface area contributed by atoms with Crippen LogP contribution in [0.25, 0.3) is 11.5 Å². The molecule has 5 heteroatoms. The predicted octanol–water partition coefficient (Wildman–Crippen LogP) is 2.30. The Hall–Kier alpha value is -1.52. The van der Waals surface area contributed by atoms with Gasteiger partial charge in [0, 0.05) is 30.7 Å². The number of nitrogens with one attached hydrogen (secondary N) is 1. The van der Waals surface area contributed by atoms with Gasteiger partial charge < -0.3 is 5.32 Å². The Balaban J connectivity index is 2.14. The third-order valence-electron chi connectivity index (χ3n) is 2.24. The smallest absolute Gasteiger partial charge is 0.178 e. The van der Waals surface area contributed by atoms with Crippen LogP contribution in [0.2, 0.25) is 5.02 Å². The highest BCUT2D eigenvalue weighted by Gasteiger charge is 2.02. The topological polar surface area (TPSA) is 50.7 Å². The molecule has 0 radical (unpaired) electrons. The molecule has 4 nitrogen and oxygen atoms in total. The van der Waals surface area contributed by atoms with Crippen molar-refractivity contribution in [2.45, 2.75) is 13.5 Å². The molecule has 1 N–H and O–H groups in total. The van der Waals surface area contributed by atoms with E-state index in [1.807, 2.05) is 6.07 Å². The Morgan fingerprint density at radius 1 is 1.12 bits per heavy atom. The Bertz CT molecular complexity index is 467. The monoisotopic (exact) mass is 248 g/mol. The zero-order valence-electron chi connectivity index (χ0n) is 9.52. The molecule has 0 spiro atoms. The zero-order chi connectivity index (χ0) is 12.1. The third-order valence-corrected chi connectivity index (χ3v) is 2.46. The van der Waals surface area contributed by atoms with Gasteiger partial charge in [-0.05, 0) is 18.7 Å². The summed E-state index contributed by atoms with van der Waals surface area (Å²) in [5, 5.41) is 3.83. The first-order valence-electron chi connectivity index (χ1n) is 5.43. The third kappa shape index (κ3) is 3.22. The Labute approximate surface area is 105 Å². The lowest BCUT2D eigenvalue weighted by Crippen LogP contribution is -2.12. The minimum atomic E-state index is 0.609. The van der Waals surface area contributed by atoms with Crippen molar-refractivity contribution in [1.29, 1.82) is 0 Å². The molecule has 2 heterocycles. The standard InChI is InChI=1S/C12H13ClN4/c1-2-14-5-9-6-16-12(17-7-9)11-4-3-10(13)8-15-11/h3-4,6-8,14H,2,5H2,1H3. The molecular formula is C12H13ClN4. The van der Waals surface area contributed by atoms with E-state index in [4.69, 9.17) is 11.6 Å².